The molecule has 2 rings (SSSR count). The second kappa shape index (κ2) is 3.71. The third-order valence-electron chi connectivity index (χ3n) is 2.51. The molecule has 2 aliphatic heterocycles. The summed E-state index contributed by atoms with van der Waals surface area (Å²) in [4.78, 5) is 0. The van der Waals surface area contributed by atoms with Gasteiger partial charge in [-0.1, -0.05) is 5.16 Å². The smallest absolute Gasteiger partial charge is 0.190 e. The van der Waals surface area contributed by atoms with Gasteiger partial charge in [0.15, 0.2) is 12.1 Å². The Morgan fingerprint density at radius 1 is 1.40 bits per heavy atom. The summed E-state index contributed by atoms with van der Waals surface area (Å²) in [6.07, 6.45) is -0.230. The van der Waals surface area contributed by atoms with Crippen LogP contribution in [0.15, 0.2) is 5.16 Å². The number of hydrogen-bond acceptors (Lipinski definition) is 6. The van der Waals surface area contributed by atoms with E-state index in [1.165, 1.54) is 6.21 Å². The molecule has 6 nitrogen and oxygen atoms in total. The predicted molar refractivity (Wildman–Crippen MR) is 49.8 cm³/mol. The Kier molecular flexibility index (Phi) is 2.68. The number of rotatable bonds is 2. The number of ether oxygens (including phenoxy) is 4. The van der Waals surface area contributed by atoms with Crippen LogP contribution in [0.3, 0.4) is 0 Å². The van der Waals surface area contributed by atoms with Crippen LogP contribution in [-0.2, 0) is 18.9 Å². The fourth-order valence-electron chi connectivity index (χ4n) is 1.96. The Hall–Kier alpha value is -0.690. The van der Waals surface area contributed by atoms with Crippen molar-refractivity contribution in [2.24, 2.45) is 5.16 Å². The lowest BCUT2D eigenvalue weighted by molar-refractivity contribution is -0.208. The fourth-order valence-corrected chi connectivity index (χ4v) is 1.96. The molecule has 6 heteroatoms. The van der Waals surface area contributed by atoms with Crippen LogP contribution in [0, 0.1) is 0 Å². The van der Waals surface area contributed by atoms with Crippen LogP contribution in [0.5, 0.6) is 0 Å². The maximum atomic E-state index is 8.46. The largest absolute Gasteiger partial charge is 0.411 e. The summed E-state index contributed by atoms with van der Waals surface area (Å²) >= 11 is 0. The first-order valence-corrected chi connectivity index (χ1v) is 4.79. The highest BCUT2D eigenvalue weighted by atomic mass is 16.8. The zero-order valence-electron chi connectivity index (χ0n) is 8.91. The molecular weight excluding hydrogens is 202 g/mol. The second-order valence-electron chi connectivity index (χ2n) is 4.03. The molecule has 86 valence electrons. The molecule has 0 aliphatic carbocycles. The van der Waals surface area contributed by atoms with Crippen molar-refractivity contribution in [3.63, 3.8) is 0 Å². The maximum Gasteiger partial charge on any atom is 0.190 e. The van der Waals surface area contributed by atoms with Crippen molar-refractivity contribution in [1.82, 2.24) is 0 Å². The molecule has 2 heterocycles. The van der Waals surface area contributed by atoms with Crippen LogP contribution in [0.4, 0.5) is 0 Å². The summed E-state index contributed by atoms with van der Waals surface area (Å²) in [5.74, 6) is -0.659. The van der Waals surface area contributed by atoms with Gasteiger partial charge in [0.25, 0.3) is 0 Å². The summed E-state index contributed by atoms with van der Waals surface area (Å²) in [6, 6.07) is 0. The summed E-state index contributed by atoms with van der Waals surface area (Å²) in [5, 5.41) is 11.4. The minimum absolute atomic E-state index is 0.284. The molecule has 15 heavy (non-hydrogen) atoms. The Morgan fingerprint density at radius 3 is 2.73 bits per heavy atom. The number of methoxy groups -OCH3 is 1. The summed E-state index contributed by atoms with van der Waals surface area (Å²) < 4.78 is 21.9. The standard InChI is InChI=1S/C9H15NO5/c1-9(2)14-7-6(12-3)5(4-10-11)13-8(7)15-9/h4-8,11H,1-3H3/b10-4+/t5-,6+,7-,8-/m1/s1. The fraction of sp³-hybridized carbons (Fsp3) is 0.889. The molecule has 1 N–H and O–H groups in total. The van der Waals surface area contributed by atoms with Gasteiger partial charge in [0.05, 0.1) is 6.21 Å². The van der Waals surface area contributed by atoms with Gasteiger partial charge in [0.2, 0.25) is 0 Å². The first-order valence-electron chi connectivity index (χ1n) is 4.79. The van der Waals surface area contributed by atoms with Crippen molar-refractivity contribution in [3.05, 3.63) is 0 Å². The molecular formula is C9H15NO5. The van der Waals surface area contributed by atoms with Crippen molar-refractivity contribution in [2.45, 2.75) is 44.2 Å². The lowest BCUT2D eigenvalue weighted by atomic mass is 10.1. The van der Waals surface area contributed by atoms with Gasteiger partial charge >= 0.3 is 0 Å². The maximum absolute atomic E-state index is 8.46. The molecule has 4 atom stereocenters. The minimum Gasteiger partial charge on any atom is -0.411 e. The van der Waals surface area contributed by atoms with E-state index >= 15 is 0 Å². The van der Waals surface area contributed by atoms with E-state index in [2.05, 4.69) is 5.16 Å². The van der Waals surface area contributed by atoms with E-state index in [1.54, 1.807) is 7.11 Å². The molecule has 0 saturated carbocycles. The van der Waals surface area contributed by atoms with Crippen LogP contribution in [0.25, 0.3) is 0 Å². The third-order valence-corrected chi connectivity index (χ3v) is 2.51. The normalized spacial score (nSPS) is 43.7. The van der Waals surface area contributed by atoms with Crippen molar-refractivity contribution < 1.29 is 24.2 Å². The number of fused-ring (bicyclic) bond motifs is 1. The summed E-state index contributed by atoms with van der Waals surface area (Å²) in [6.45, 7) is 3.63. The lowest BCUT2D eigenvalue weighted by Gasteiger charge is -2.22. The van der Waals surface area contributed by atoms with Crippen LogP contribution in [0.2, 0.25) is 0 Å². The second-order valence-corrected chi connectivity index (χ2v) is 4.03. The van der Waals surface area contributed by atoms with Crippen LogP contribution in [0.1, 0.15) is 13.8 Å². The number of oxime groups is 1. The zero-order valence-corrected chi connectivity index (χ0v) is 8.91. The van der Waals surface area contributed by atoms with E-state index in [0.29, 0.717) is 0 Å². The van der Waals surface area contributed by atoms with Crippen molar-refractivity contribution >= 4 is 6.21 Å². The quantitative estimate of drug-likeness (QED) is 0.410. The van der Waals surface area contributed by atoms with Crippen LogP contribution in [-0.4, -0.2) is 48.9 Å². The minimum atomic E-state index is -0.659. The third kappa shape index (κ3) is 1.85. The molecule has 0 radical (unpaired) electrons. The highest BCUT2D eigenvalue weighted by Crippen LogP contribution is 2.37. The van der Waals surface area contributed by atoms with E-state index < -0.39 is 18.2 Å². The van der Waals surface area contributed by atoms with E-state index in [0.717, 1.165) is 0 Å². The molecule has 2 saturated heterocycles. The topological polar surface area (TPSA) is 69.5 Å². The number of hydrogen-bond donors (Lipinski definition) is 1. The average Bonchev–Trinajstić information content (AvgIpc) is 2.56. The van der Waals surface area contributed by atoms with Gasteiger partial charge in [-0.15, -0.1) is 0 Å². The van der Waals surface area contributed by atoms with E-state index in [4.69, 9.17) is 24.2 Å². The van der Waals surface area contributed by atoms with Gasteiger partial charge in [-0.3, -0.25) is 0 Å². The highest BCUT2D eigenvalue weighted by molar-refractivity contribution is 5.64. The molecule has 0 unspecified atom stereocenters. The molecule has 2 aliphatic rings. The number of nitrogens with zero attached hydrogens (tertiary/aromatic N) is 1. The first-order chi connectivity index (χ1) is 7.07. The first kappa shape index (κ1) is 10.8. The molecule has 0 aromatic carbocycles. The summed E-state index contributed by atoms with van der Waals surface area (Å²) in [5.41, 5.74) is 0. The van der Waals surface area contributed by atoms with E-state index in [-0.39, 0.29) is 12.2 Å². The molecule has 2 fully saturated rings. The zero-order chi connectivity index (χ0) is 11.1. The predicted octanol–water partition coefficient (Wildman–Crippen LogP) is 0.338. The molecule has 0 aromatic heterocycles. The van der Waals surface area contributed by atoms with Gasteiger partial charge in [0, 0.05) is 7.11 Å². The Morgan fingerprint density at radius 2 is 2.13 bits per heavy atom. The Bertz CT molecular complexity index is 267. The summed E-state index contributed by atoms with van der Waals surface area (Å²) in [7, 11) is 1.56. The van der Waals surface area contributed by atoms with E-state index in [1.807, 2.05) is 13.8 Å². The molecule has 0 spiro atoms. The monoisotopic (exact) mass is 217 g/mol. The highest BCUT2D eigenvalue weighted by Gasteiger charge is 2.54. The van der Waals surface area contributed by atoms with Crippen molar-refractivity contribution in [1.29, 1.82) is 0 Å². The van der Waals surface area contributed by atoms with Gasteiger partial charge < -0.3 is 24.2 Å². The Balaban J connectivity index is 2.11. The SMILES string of the molecule is CO[C@@H]1[C@H]2OC(C)(C)O[C@H]2O[C@@H]1/C=N/O. The van der Waals surface area contributed by atoms with Gasteiger partial charge in [0.1, 0.15) is 18.3 Å². The molecule has 0 bridgehead atoms. The van der Waals surface area contributed by atoms with E-state index in [9.17, 15) is 0 Å². The molecule has 0 amide bonds. The van der Waals surface area contributed by atoms with Crippen LogP contribution >= 0.6 is 0 Å². The Labute approximate surface area is 87.7 Å². The lowest BCUT2D eigenvalue weighted by Crippen LogP contribution is -2.36. The van der Waals surface area contributed by atoms with Gasteiger partial charge in [-0.05, 0) is 13.8 Å². The van der Waals surface area contributed by atoms with Gasteiger partial charge in [-0.2, -0.15) is 0 Å². The molecule has 0 aromatic rings. The van der Waals surface area contributed by atoms with Crippen molar-refractivity contribution in [3.8, 4) is 0 Å². The average molecular weight is 217 g/mol. The van der Waals surface area contributed by atoms with Gasteiger partial charge in [-0.25, -0.2) is 0 Å². The van der Waals surface area contributed by atoms with Crippen LogP contribution < -0.4 is 0 Å². The van der Waals surface area contributed by atoms with Crippen molar-refractivity contribution in [2.75, 3.05) is 7.11 Å².